The molecule has 2 atom stereocenters. The Bertz CT molecular complexity index is 698. The summed E-state index contributed by atoms with van der Waals surface area (Å²) in [6, 6.07) is 9.86. The molecule has 112 valence electrons. The molecule has 0 amide bonds. The van der Waals surface area contributed by atoms with Crippen molar-refractivity contribution in [2.75, 3.05) is 18.1 Å². The van der Waals surface area contributed by atoms with Crippen LogP contribution < -0.4 is 4.90 Å². The first-order valence-electron chi connectivity index (χ1n) is 7.04. The first-order valence-corrected chi connectivity index (χ1v) is 7.41. The third-order valence-corrected chi connectivity index (χ3v) is 4.08. The number of nitriles is 1. The highest BCUT2D eigenvalue weighted by molar-refractivity contribution is 6.31. The van der Waals surface area contributed by atoms with Crippen LogP contribution in [0, 0.1) is 11.3 Å². The van der Waals surface area contributed by atoms with Crippen LogP contribution in [0.2, 0.25) is 5.02 Å². The lowest BCUT2D eigenvalue weighted by molar-refractivity contribution is 0.0213. The number of halogens is 1. The highest BCUT2D eigenvalue weighted by Crippen LogP contribution is 2.31. The van der Waals surface area contributed by atoms with Crippen LogP contribution >= 0.6 is 11.6 Å². The molecule has 0 aliphatic carbocycles. The predicted octanol–water partition coefficient (Wildman–Crippen LogP) is 2.97. The molecular formula is C16H15ClN4O. The van der Waals surface area contributed by atoms with E-state index >= 15 is 0 Å². The van der Waals surface area contributed by atoms with Gasteiger partial charge in [0.1, 0.15) is 18.0 Å². The fourth-order valence-electron chi connectivity index (χ4n) is 2.53. The van der Waals surface area contributed by atoms with E-state index in [1.54, 1.807) is 6.20 Å². The molecule has 0 radical (unpaired) electrons. The smallest absolute Gasteiger partial charge is 0.158 e. The number of hydrogen-bond donors (Lipinski definition) is 0. The molecule has 2 heterocycles. The van der Waals surface area contributed by atoms with Crippen molar-refractivity contribution in [3.63, 3.8) is 0 Å². The number of aromatic nitrogens is 2. The van der Waals surface area contributed by atoms with Crippen LogP contribution in [0.5, 0.6) is 0 Å². The van der Waals surface area contributed by atoms with Crippen molar-refractivity contribution in [2.24, 2.45) is 0 Å². The Hall–Kier alpha value is -2.16. The van der Waals surface area contributed by atoms with Crippen LogP contribution in [-0.4, -0.2) is 29.2 Å². The van der Waals surface area contributed by atoms with Gasteiger partial charge in [0, 0.05) is 10.6 Å². The van der Waals surface area contributed by atoms with Gasteiger partial charge in [-0.25, -0.2) is 9.97 Å². The van der Waals surface area contributed by atoms with E-state index < -0.39 is 0 Å². The predicted molar refractivity (Wildman–Crippen MR) is 83.7 cm³/mol. The van der Waals surface area contributed by atoms with E-state index in [0.717, 1.165) is 11.4 Å². The minimum Gasteiger partial charge on any atom is -0.369 e. The van der Waals surface area contributed by atoms with Crippen molar-refractivity contribution in [1.29, 1.82) is 5.26 Å². The SMILES string of the molecule is C[C@H]1CO[C@@H](c2ccccc2Cl)CN1c1cnc(C#N)cn1. The molecule has 3 rings (SSSR count). The summed E-state index contributed by atoms with van der Waals surface area (Å²) >= 11 is 6.26. The number of ether oxygens (including phenoxy) is 1. The molecule has 0 saturated carbocycles. The topological polar surface area (TPSA) is 62.0 Å². The van der Waals surface area contributed by atoms with Gasteiger partial charge in [-0.15, -0.1) is 0 Å². The minimum atomic E-state index is -0.109. The Morgan fingerprint density at radius 3 is 2.82 bits per heavy atom. The second-order valence-electron chi connectivity index (χ2n) is 5.22. The molecule has 2 aromatic rings. The van der Waals surface area contributed by atoms with E-state index in [2.05, 4.69) is 21.8 Å². The molecular weight excluding hydrogens is 300 g/mol. The third-order valence-electron chi connectivity index (χ3n) is 3.73. The average Bonchev–Trinajstić information content (AvgIpc) is 2.56. The highest BCUT2D eigenvalue weighted by atomic mass is 35.5. The molecule has 22 heavy (non-hydrogen) atoms. The quantitative estimate of drug-likeness (QED) is 0.852. The van der Waals surface area contributed by atoms with Crippen molar-refractivity contribution >= 4 is 17.4 Å². The molecule has 6 heteroatoms. The number of benzene rings is 1. The van der Waals surface area contributed by atoms with E-state index in [0.29, 0.717) is 23.9 Å². The van der Waals surface area contributed by atoms with Crippen LogP contribution in [0.15, 0.2) is 36.7 Å². The van der Waals surface area contributed by atoms with Gasteiger partial charge in [0.2, 0.25) is 0 Å². The third kappa shape index (κ3) is 2.89. The Kier molecular flexibility index (Phi) is 4.23. The van der Waals surface area contributed by atoms with Gasteiger partial charge < -0.3 is 9.64 Å². The van der Waals surface area contributed by atoms with Crippen molar-refractivity contribution in [2.45, 2.75) is 19.1 Å². The molecule has 5 nitrogen and oxygen atoms in total. The maximum Gasteiger partial charge on any atom is 0.158 e. The molecule has 0 bridgehead atoms. The van der Waals surface area contributed by atoms with Gasteiger partial charge in [-0.05, 0) is 13.0 Å². The van der Waals surface area contributed by atoms with Crippen molar-refractivity contribution in [3.8, 4) is 6.07 Å². The maximum absolute atomic E-state index is 8.81. The van der Waals surface area contributed by atoms with Gasteiger partial charge in [0.15, 0.2) is 5.69 Å². The summed E-state index contributed by atoms with van der Waals surface area (Å²) in [5.74, 6) is 0.742. The highest BCUT2D eigenvalue weighted by Gasteiger charge is 2.29. The summed E-state index contributed by atoms with van der Waals surface area (Å²) < 4.78 is 5.93. The normalized spacial score (nSPS) is 21.4. The van der Waals surface area contributed by atoms with E-state index in [1.165, 1.54) is 6.20 Å². The molecule has 0 N–H and O–H groups in total. The van der Waals surface area contributed by atoms with E-state index in [1.807, 2.05) is 30.3 Å². The minimum absolute atomic E-state index is 0.109. The van der Waals surface area contributed by atoms with Gasteiger partial charge in [0.05, 0.1) is 31.6 Å². The maximum atomic E-state index is 8.81. The number of anilines is 1. The summed E-state index contributed by atoms with van der Waals surface area (Å²) in [7, 11) is 0. The summed E-state index contributed by atoms with van der Waals surface area (Å²) in [5.41, 5.74) is 1.29. The van der Waals surface area contributed by atoms with Crippen LogP contribution in [0.3, 0.4) is 0 Å². The zero-order chi connectivity index (χ0) is 15.5. The van der Waals surface area contributed by atoms with Gasteiger partial charge >= 0.3 is 0 Å². The number of nitrogens with zero attached hydrogens (tertiary/aromatic N) is 4. The standard InChI is InChI=1S/C16H15ClN4O/c1-11-10-22-15(13-4-2-3-5-14(13)17)9-21(11)16-8-19-12(6-18)7-20-16/h2-5,7-8,11,15H,9-10H2,1H3/t11-,15+/m0/s1. The molecule has 1 aromatic heterocycles. The van der Waals surface area contributed by atoms with Crippen molar-refractivity contribution < 1.29 is 4.74 Å². The number of morpholine rings is 1. The van der Waals surface area contributed by atoms with Crippen LogP contribution in [-0.2, 0) is 4.74 Å². The van der Waals surface area contributed by atoms with Gasteiger partial charge in [-0.3, -0.25) is 0 Å². The lowest BCUT2D eigenvalue weighted by Gasteiger charge is -2.39. The monoisotopic (exact) mass is 314 g/mol. The first kappa shape index (κ1) is 14.8. The molecule has 0 unspecified atom stereocenters. The van der Waals surface area contributed by atoms with Crippen LogP contribution in [0.25, 0.3) is 0 Å². The zero-order valence-corrected chi connectivity index (χ0v) is 12.9. The molecule has 1 fully saturated rings. The Morgan fingerprint density at radius 1 is 1.32 bits per heavy atom. The van der Waals surface area contributed by atoms with Crippen molar-refractivity contribution in [1.82, 2.24) is 9.97 Å². The van der Waals surface area contributed by atoms with E-state index in [-0.39, 0.29) is 12.1 Å². The summed E-state index contributed by atoms with van der Waals surface area (Å²) in [4.78, 5) is 10.5. The van der Waals surface area contributed by atoms with Crippen molar-refractivity contribution in [3.05, 3.63) is 52.9 Å². The Morgan fingerprint density at radius 2 is 2.14 bits per heavy atom. The molecule has 1 aliphatic rings. The fourth-order valence-corrected chi connectivity index (χ4v) is 2.79. The van der Waals surface area contributed by atoms with Crippen LogP contribution in [0.1, 0.15) is 24.3 Å². The number of rotatable bonds is 2. The van der Waals surface area contributed by atoms with E-state index in [4.69, 9.17) is 21.6 Å². The second kappa shape index (κ2) is 6.30. The van der Waals surface area contributed by atoms with E-state index in [9.17, 15) is 0 Å². The number of hydrogen-bond acceptors (Lipinski definition) is 5. The van der Waals surface area contributed by atoms with Gasteiger partial charge in [-0.2, -0.15) is 5.26 Å². The second-order valence-corrected chi connectivity index (χ2v) is 5.62. The molecule has 0 spiro atoms. The molecule has 1 aliphatic heterocycles. The Balaban J connectivity index is 1.85. The lowest BCUT2D eigenvalue weighted by atomic mass is 10.1. The fraction of sp³-hybridized carbons (Fsp3) is 0.312. The summed E-state index contributed by atoms with van der Waals surface area (Å²) in [6.45, 7) is 3.30. The van der Waals surface area contributed by atoms with Gasteiger partial charge in [0.25, 0.3) is 0 Å². The zero-order valence-electron chi connectivity index (χ0n) is 12.1. The van der Waals surface area contributed by atoms with Crippen LogP contribution in [0.4, 0.5) is 5.82 Å². The average molecular weight is 315 g/mol. The van der Waals surface area contributed by atoms with Gasteiger partial charge in [-0.1, -0.05) is 29.8 Å². The first-order chi connectivity index (χ1) is 10.7. The summed E-state index contributed by atoms with van der Waals surface area (Å²) in [5, 5.41) is 9.51. The molecule has 1 saturated heterocycles. The largest absolute Gasteiger partial charge is 0.369 e. The molecule has 1 aromatic carbocycles. The lowest BCUT2D eigenvalue weighted by Crippen LogP contribution is -2.45. The summed E-state index contributed by atoms with van der Waals surface area (Å²) in [6.07, 6.45) is 3.01. The Labute approximate surface area is 134 Å².